The number of ether oxygens (including phenoxy) is 1. The van der Waals surface area contributed by atoms with Crippen LogP contribution in [0, 0.1) is 11.3 Å². The van der Waals surface area contributed by atoms with Gasteiger partial charge in [0.15, 0.2) is 0 Å². The molecular weight excluding hydrogens is 262 g/mol. The lowest BCUT2D eigenvalue weighted by atomic mass is 10.1. The monoisotopic (exact) mass is 275 g/mol. The summed E-state index contributed by atoms with van der Waals surface area (Å²) in [6.45, 7) is 0.680. The number of pyridine rings is 1. The van der Waals surface area contributed by atoms with Gasteiger partial charge >= 0.3 is 0 Å². The zero-order chi connectivity index (χ0) is 14.2. The van der Waals surface area contributed by atoms with Crippen LogP contribution >= 0.6 is 0 Å². The number of rotatable bonds is 2. The molecule has 0 amide bonds. The van der Waals surface area contributed by atoms with E-state index in [1.54, 1.807) is 0 Å². The third kappa shape index (κ3) is 1.86. The largest absolute Gasteiger partial charge is 0.492 e. The van der Waals surface area contributed by atoms with E-state index < -0.39 is 0 Å². The van der Waals surface area contributed by atoms with Crippen molar-refractivity contribution in [3.8, 4) is 23.1 Å². The van der Waals surface area contributed by atoms with Gasteiger partial charge < -0.3 is 4.74 Å². The van der Waals surface area contributed by atoms with Crippen molar-refractivity contribution in [1.82, 2.24) is 9.61 Å². The molecule has 0 saturated carbocycles. The number of aromatic nitrogens is 2. The average Bonchev–Trinajstić information content (AvgIpc) is 3.14. The Labute approximate surface area is 122 Å². The molecule has 0 bridgehead atoms. The summed E-state index contributed by atoms with van der Waals surface area (Å²) in [6, 6.07) is 14.4. The SMILES string of the molecule is N#CCc1cn2nc(-c3ccccc3)cc2c2c1OCC2. The molecule has 1 aromatic carbocycles. The molecule has 2 aromatic heterocycles. The van der Waals surface area contributed by atoms with Gasteiger partial charge in [-0.25, -0.2) is 4.52 Å². The van der Waals surface area contributed by atoms with Gasteiger partial charge in [0.05, 0.1) is 30.3 Å². The van der Waals surface area contributed by atoms with Crippen molar-refractivity contribution in [2.75, 3.05) is 6.61 Å². The van der Waals surface area contributed by atoms with E-state index in [0.717, 1.165) is 40.1 Å². The highest BCUT2D eigenvalue weighted by atomic mass is 16.5. The molecule has 0 spiro atoms. The van der Waals surface area contributed by atoms with E-state index in [1.165, 1.54) is 0 Å². The third-order valence-corrected chi connectivity index (χ3v) is 3.83. The first-order chi connectivity index (χ1) is 10.4. The number of benzene rings is 1. The van der Waals surface area contributed by atoms with Crippen LogP contribution in [0.3, 0.4) is 0 Å². The van der Waals surface area contributed by atoms with Crippen molar-refractivity contribution in [1.29, 1.82) is 5.26 Å². The molecular formula is C17H13N3O. The van der Waals surface area contributed by atoms with Crippen molar-refractivity contribution >= 4 is 5.52 Å². The van der Waals surface area contributed by atoms with Crippen molar-refractivity contribution in [2.45, 2.75) is 12.8 Å². The fraction of sp³-hybridized carbons (Fsp3) is 0.176. The van der Waals surface area contributed by atoms with Gasteiger partial charge in [-0.3, -0.25) is 0 Å². The molecule has 4 nitrogen and oxygen atoms in total. The lowest BCUT2D eigenvalue weighted by molar-refractivity contribution is 0.354. The fourth-order valence-electron chi connectivity index (χ4n) is 2.87. The average molecular weight is 275 g/mol. The summed E-state index contributed by atoms with van der Waals surface area (Å²) in [4.78, 5) is 0. The second kappa shape index (κ2) is 4.64. The molecule has 0 radical (unpaired) electrons. The lowest BCUT2D eigenvalue weighted by Crippen LogP contribution is -1.96. The molecule has 1 aliphatic heterocycles. The third-order valence-electron chi connectivity index (χ3n) is 3.83. The second-order valence-electron chi connectivity index (χ2n) is 5.12. The summed E-state index contributed by atoms with van der Waals surface area (Å²) in [5, 5.41) is 13.6. The Morgan fingerprint density at radius 1 is 1.29 bits per heavy atom. The van der Waals surface area contributed by atoms with Crippen molar-refractivity contribution < 1.29 is 4.74 Å². The van der Waals surface area contributed by atoms with Gasteiger partial charge in [-0.15, -0.1) is 0 Å². The molecule has 0 atom stereocenters. The maximum Gasteiger partial charge on any atom is 0.130 e. The first-order valence-electron chi connectivity index (χ1n) is 6.96. The van der Waals surface area contributed by atoms with E-state index in [4.69, 9.17) is 10.00 Å². The molecule has 0 N–H and O–H groups in total. The van der Waals surface area contributed by atoms with Crippen LogP contribution in [-0.4, -0.2) is 16.2 Å². The quantitative estimate of drug-likeness (QED) is 0.722. The van der Waals surface area contributed by atoms with Crippen LogP contribution in [0.2, 0.25) is 0 Å². The molecule has 4 heteroatoms. The van der Waals surface area contributed by atoms with Gasteiger partial charge in [-0.05, 0) is 6.07 Å². The Morgan fingerprint density at radius 2 is 2.14 bits per heavy atom. The smallest absolute Gasteiger partial charge is 0.130 e. The predicted molar refractivity (Wildman–Crippen MR) is 79.1 cm³/mol. The fourth-order valence-corrected chi connectivity index (χ4v) is 2.87. The maximum atomic E-state index is 8.97. The lowest BCUT2D eigenvalue weighted by Gasteiger charge is -2.06. The maximum absolute atomic E-state index is 8.97. The summed E-state index contributed by atoms with van der Waals surface area (Å²) in [5.41, 5.74) is 5.19. The van der Waals surface area contributed by atoms with Crippen LogP contribution in [0.1, 0.15) is 11.1 Å². The van der Waals surface area contributed by atoms with Crippen LogP contribution < -0.4 is 4.74 Å². The number of fused-ring (bicyclic) bond motifs is 3. The summed E-state index contributed by atoms with van der Waals surface area (Å²) in [7, 11) is 0. The Bertz CT molecular complexity index is 859. The molecule has 1 aliphatic rings. The van der Waals surface area contributed by atoms with Gasteiger partial charge in [-0.1, -0.05) is 30.3 Å². The van der Waals surface area contributed by atoms with Gasteiger partial charge in [-0.2, -0.15) is 10.4 Å². The number of nitrogens with zero attached hydrogens (tertiary/aromatic N) is 3. The summed E-state index contributed by atoms with van der Waals surface area (Å²) in [5.74, 6) is 0.878. The molecule has 0 saturated heterocycles. The Balaban J connectivity index is 1.94. The van der Waals surface area contributed by atoms with Crippen LogP contribution in [0.25, 0.3) is 16.8 Å². The van der Waals surface area contributed by atoms with Gasteiger partial charge in [0.25, 0.3) is 0 Å². The molecule has 3 aromatic rings. The van der Waals surface area contributed by atoms with E-state index in [0.29, 0.717) is 13.0 Å². The van der Waals surface area contributed by atoms with Gasteiger partial charge in [0, 0.05) is 29.3 Å². The minimum atomic E-state index is 0.346. The summed E-state index contributed by atoms with van der Waals surface area (Å²) < 4.78 is 7.59. The summed E-state index contributed by atoms with van der Waals surface area (Å²) in [6.07, 6.45) is 3.13. The highest BCUT2D eigenvalue weighted by molar-refractivity contribution is 5.71. The van der Waals surface area contributed by atoms with E-state index in [1.807, 2.05) is 28.9 Å². The summed E-state index contributed by atoms with van der Waals surface area (Å²) >= 11 is 0. The Hall–Kier alpha value is -2.80. The van der Waals surface area contributed by atoms with Gasteiger partial charge in [0.2, 0.25) is 0 Å². The zero-order valence-corrected chi connectivity index (χ0v) is 11.4. The van der Waals surface area contributed by atoms with Crippen LogP contribution in [0.4, 0.5) is 0 Å². The van der Waals surface area contributed by atoms with E-state index in [9.17, 15) is 0 Å². The van der Waals surface area contributed by atoms with E-state index >= 15 is 0 Å². The molecule has 4 rings (SSSR count). The zero-order valence-electron chi connectivity index (χ0n) is 11.4. The first kappa shape index (κ1) is 12.0. The predicted octanol–water partition coefficient (Wildman–Crippen LogP) is 3.00. The van der Waals surface area contributed by atoms with Crippen LogP contribution in [0.15, 0.2) is 42.6 Å². The first-order valence-corrected chi connectivity index (χ1v) is 6.96. The minimum absolute atomic E-state index is 0.346. The van der Waals surface area contributed by atoms with Crippen molar-refractivity contribution in [3.05, 3.63) is 53.7 Å². The molecule has 0 unspecified atom stereocenters. The second-order valence-corrected chi connectivity index (χ2v) is 5.12. The van der Waals surface area contributed by atoms with Crippen molar-refractivity contribution in [3.63, 3.8) is 0 Å². The highest BCUT2D eigenvalue weighted by Crippen LogP contribution is 2.34. The molecule has 3 heterocycles. The van der Waals surface area contributed by atoms with E-state index in [2.05, 4.69) is 29.4 Å². The number of hydrogen-bond donors (Lipinski definition) is 0. The molecule has 21 heavy (non-hydrogen) atoms. The molecule has 102 valence electrons. The Morgan fingerprint density at radius 3 is 2.95 bits per heavy atom. The molecule has 0 aliphatic carbocycles. The Kier molecular flexibility index (Phi) is 2.65. The normalized spacial score (nSPS) is 12.9. The number of hydrogen-bond acceptors (Lipinski definition) is 3. The topological polar surface area (TPSA) is 50.3 Å². The highest BCUT2D eigenvalue weighted by Gasteiger charge is 2.21. The minimum Gasteiger partial charge on any atom is -0.492 e. The molecule has 0 fully saturated rings. The van der Waals surface area contributed by atoms with Crippen LogP contribution in [-0.2, 0) is 12.8 Å². The standard InChI is InChI=1S/C17H13N3O/c18-8-6-13-11-20-16(14-7-9-21-17(13)14)10-15(19-20)12-4-2-1-3-5-12/h1-5,10-11H,6-7,9H2. The van der Waals surface area contributed by atoms with Crippen molar-refractivity contribution in [2.24, 2.45) is 0 Å². The number of nitriles is 1. The van der Waals surface area contributed by atoms with E-state index in [-0.39, 0.29) is 0 Å². The van der Waals surface area contributed by atoms with Gasteiger partial charge in [0.1, 0.15) is 5.75 Å². The van der Waals surface area contributed by atoms with Crippen LogP contribution in [0.5, 0.6) is 5.75 Å².